The van der Waals surface area contributed by atoms with Crippen LogP contribution in [0.3, 0.4) is 0 Å². The van der Waals surface area contributed by atoms with Gasteiger partial charge < -0.3 is 14.6 Å². The third-order valence-electron chi connectivity index (χ3n) is 6.63. The Morgan fingerprint density at radius 2 is 1.88 bits per heavy atom. The summed E-state index contributed by atoms with van der Waals surface area (Å²) in [4.78, 5) is 0.0274. The molecule has 9 heteroatoms. The number of sulfonamides is 1. The Balaban J connectivity index is 1.62. The maximum absolute atomic E-state index is 13.8. The number of benzene rings is 2. The van der Waals surface area contributed by atoms with Gasteiger partial charge in [-0.3, -0.25) is 4.31 Å². The van der Waals surface area contributed by atoms with Crippen molar-refractivity contribution in [2.75, 3.05) is 24.1 Å². The van der Waals surface area contributed by atoms with Gasteiger partial charge in [-0.25, -0.2) is 17.2 Å². The Bertz CT molecular complexity index is 1130. The van der Waals surface area contributed by atoms with E-state index in [-0.39, 0.29) is 23.1 Å². The van der Waals surface area contributed by atoms with Crippen molar-refractivity contribution in [3.8, 4) is 5.75 Å². The van der Waals surface area contributed by atoms with Crippen LogP contribution in [-0.2, 0) is 33.7 Å². The molecule has 0 saturated carbocycles. The number of alkyl halides is 2. The molecule has 0 aliphatic carbocycles. The van der Waals surface area contributed by atoms with Gasteiger partial charge >= 0.3 is 0 Å². The van der Waals surface area contributed by atoms with Crippen LogP contribution in [0.15, 0.2) is 41.3 Å². The van der Waals surface area contributed by atoms with Crippen molar-refractivity contribution >= 4 is 15.7 Å². The largest absolute Gasteiger partial charge is 0.493 e. The number of halogens is 2. The highest BCUT2D eigenvalue weighted by molar-refractivity contribution is 7.92. The Morgan fingerprint density at radius 3 is 2.56 bits per heavy atom. The Morgan fingerprint density at radius 1 is 1.15 bits per heavy atom. The highest BCUT2D eigenvalue weighted by atomic mass is 32.2. The number of fused-ring (bicyclic) bond motifs is 1. The van der Waals surface area contributed by atoms with E-state index in [1.54, 1.807) is 13.0 Å². The lowest BCUT2D eigenvalue weighted by molar-refractivity contribution is 0.0174. The summed E-state index contributed by atoms with van der Waals surface area (Å²) < 4.78 is 67.6. The zero-order valence-electron chi connectivity index (χ0n) is 19.5. The molecule has 0 aromatic heterocycles. The summed E-state index contributed by atoms with van der Waals surface area (Å²) in [5, 5.41) is 9.89. The fraction of sp³-hybridized carbons (Fsp3) is 0.520. The van der Waals surface area contributed by atoms with E-state index in [1.165, 1.54) is 34.6 Å². The minimum absolute atomic E-state index is 0.0274. The van der Waals surface area contributed by atoms with Crippen LogP contribution < -0.4 is 9.04 Å². The quantitative estimate of drug-likeness (QED) is 0.606. The summed E-state index contributed by atoms with van der Waals surface area (Å²) in [5.74, 6) is -2.19. The predicted molar refractivity (Wildman–Crippen MR) is 125 cm³/mol. The molecule has 6 nitrogen and oxygen atoms in total. The molecule has 0 radical (unpaired) electrons. The van der Waals surface area contributed by atoms with Crippen molar-refractivity contribution in [3.05, 3.63) is 53.1 Å². The van der Waals surface area contributed by atoms with Gasteiger partial charge in [-0.2, -0.15) is 0 Å². The maximum atomic E-state index is 13.8. The van der Waals surface area contributed by atoms with E-state index in [0.29, 0.717) is 61.1 Å². The van der Waals surface area contributed by atoms with Crippen LogP contribution in [0.25, 0.3) is 0 Å². The van der Waals surface area contributed by atoms with Crippen molar-refractivity contribution in [1.82, 2.24) is 0 Å². The number of hydrogen-bond acceptors (Lipinski definition) is 5. The minimum atomic E-state index is -4.00. The molecule has 1 fully saturated rings. The summed E-state index contributed by atoms with van der Waals surface area (Å²) in [6.07, 6.45) is 2.84. The minimum Gasteiger partial charge on any atom is -0.493 e. The van der Waals surface area contributed by atoms with Crippen molar-refractivity contribution in [2.24, 2.45) is 5.92 Å². The highest BCUT2D eigenvalue weighted by Gasteiger charge is 2.35. The summed E-state index contributed by atoms with van der Waals surface area (Å²) in [5.41, 5.74) is 1.25. The highest BCUT2D eigenvalue weighted by Crippen LogP contribution is 2.39. The third kappa shape index (κ3) is 5.06. The van der Waals surface area contributed by atoms with E-state index in [0.717, 1.165) is 19.8 Å². The van der Waals surface area contributed by atoms with E-state index in [2.05, 4.69) is 0 Å². The van der Waals surface area contributed by atoms with E-state index in [9.17, 15) is 22.3 Å². The van der Waals surface area contributed by atoms with Crippen molar-refractivity contribution in [3.63, 3.8) is 0 Å². The summed E-state index contributed by atoms with van der Waals surface area (Å²) in [6, 6.07) is 8.30. The molecular weight excluding hydrogens is 464 g/mol. The molecule has 2 heterocycles. The maximum Gasteiger partial charge on any atom is 0.270 e. The van der Waals surface area contributed by atoms with Gasteiger partial charge in [0.15, 0.2) is 0 Å². The van der Waals surface area contributed by atoms with E-state index >= 15 is 0 Å². The lowest BCUT2D eigenvalue weighted by Gasteiger charge is -2.36. The van der Waals surface area contributed by atoms with E-state index < -0.39 is 15.9 Å². The normalized spacial score (nSPS) is 19.7. The van der Waals surface area contributed by atoms with Crippen LogP contribution in [0.5, 0.6) is 5.75 Å². The van der Waals surface area contributed by atoms with Crippen LogP contribution in [0.4, 0.5) is 14.5 Å². The van der Waals surface area contributed by atoms with Gasteiger partial charge in [-0.05, 0) is 74.4 Å². The average Bonchev–Trinajstić information content (AvgIpc) is 2.82. The molecule has 0 unspecified atom stereocenters. The monoisotopic (exact) mass is 495 g/mol. The molecule has 4 rings (SSSR count). The SMILES string of the molecule is C[C@H]1CCc2cc(C(C)(F)F)ccc2N1S(=O)(=O)c1ccc(OCC2CCOCC2)c(CO)c1. The van der Waals surface area contributed by atoms with Gasteiger partial charge in [0.25, 0.3) is 15.9 Å². The predicted octanol–water partition coefficient (Wildman–Crippen LogP) is 4.63. The van der Waals surface area contributed by atoms with E-state index in [4.69, 9.17) is 9.47 Å². The molecule has 1 atom stereocenters. The van der Waals surface area contributed by atoms with Gasteiger partial charge in [0.1, 0.15) is 5.75 Å². The number of rotatable bonds is 7. The van der Waals surface area contributed by atoms with Gasteiger partial charge in [0, 0.05) is 37.3 Å². The van der Waals surface area contributed by atoms with Crippen LogP contribution in [0.1, 0.15) is 49.8 Å². The van der Waals surface area contributed by atoms with Crippen molar-refractivity contribution in [2.45, 2.75) is 63.0 Å². The fourth-order valence-corrected chi connectivity index (χ4v) is 6.35. The molecule has 0 amide bonds. The van der Waals surface area contributed by atoms with Crippen molar-refractivity contribution < 1.29 is 31.8 Å². The zero-order chi connectivity index (χ0) is 24.5. The molecule has 2 aromatic rings. The lowest BCUT2D eigenvalue weighted by atomic mass is 9.95. The smallest absolute Gasteiger partial charge is 0.270 e. The zero-order valence-corrected chi connectivity index (χ0v) is 20.3. The number of nitrogens with zero attached hydrogens (tertiary/aromatic N) is 1. The third-order valence-corrected chi connectivity index (χ3v) is 8.55. The molecular formula is C25H31F2NO5S. The molecule has 2 aliphatic rings. The molecule has 0 spiro atoms. The number of hydrogen-bond donors (Lipinski definition) is 1. The first-order valence-corrected chi connectivity index (χ1v) is 13.0. The summed E-state index contributed by atoms with van der Waals surface area (Å²) >= 11 is 0. The number of aliphatic hydroxyl groups excluding tert-OH is 1. The fourth-order valence-electron chi connectivity index (χ4n) is 4.57. The Labute approximate surface area is 199 Å². The van der Waals surface area contributed by atoms with Crippen LogP contribution >= 0.6 is 0 Å². The molecule has 1 N–H and O–H groups in total. The molecule has 0 bridgehead atoms. The Hall–Kier alpha value is -2.23. The summed E-state index contributed by atoms with van der Waals surface area (Å²) in [7, 11) is -4.00. The van der Waals surface area contributed by atoms with Gasteiger partial charge in [-0.1, -0.05) is 6.07 Å². The second-order valence-electron chi connectivity index (χ2n) is 9.21. The van der Waals surface area contributed by atoms with Crippen LogP contribution in [0.2, 0.25) is 0 Å². The first kappa shape index (κ1) is 24.9. The Kier molecular flexibility index (Phi) is 7.17. The molecule has 186 valence electrons. The first-order chi connectivity index (χ1) is 16.1. The number of aryl methyl sites for hydroxylation is 1. The summed E-state index contributed by atoms with van der Waals surface area (Å²) in [6.45, 7) is 4.14. The average molecular weight is 496 g/mol. The first-order valence-electron chi connectivity index (χ1n) is 11.6. The van der Waals surface area contributed by atoms with Crippen LogP contribution in [0, 0.1) is 5.92 Å². The van der Waals surface area contributed by atoms with E-state index in [1.807, 2.05) is 0 Å². The number of ether oxygens (including phenoxy) is 2. The van der Waals surface area contributed by atoms with Gasteiger partial charge in [-0.15, -0.1) is 0 Å². The van der Waals surface area contributed by atoms with Gasteiger partial charge in [0.05, 0.1) is 23.8 Å². The van der Waals surface area contributed by atoms with Crippen LogP contribution in [-0.4, -0.2) is 39.4 Å². The molecule has 2 aromatic carbocycles. The second kappa shape index (κ2) is 9.79. The standard InChI is InChI=1S/C25H31F2NO5S/c1-17-3-4-19-13-21(25(2,26)27)5-7-23(19)28(17)34(30,31)22-6-8-24(20(14-22)15-29)33-16-18-9-11-32-12-10-18/h5-8,13-14,17-18,29H,3-4,9-12,15-16H2,1-2H3/t17-/m0/s1. The molecule has 2 aliphatic heterocycles. The number of anilines is 1. The number of aliphatic hydroxyl groups is 1. The molecule has 34 heavy (non-hydrogen) atoms. The topological polar surface area (TPSA) is 76.1 Å². The van der Waals surface area contributed by atoms with Gasteiger partial charge in [0.2, 0.25) is 0 Å². The lowest BCUT2D eigenvalue weighted by Crippen LogP contribution is -2.42. The second-order valence-corrected chi connectivity index (χ2v) is 11.0. The van der Waals surface area contributed by atoms with Crippen molar-refractivity contribution in [1.29, 1.82) is 0 Å². The molecule has 1 saturated heterocycles.